The molecule has 0 spiro atoms. The summed E-state index contributed by atoms with van der Waals surface area (Å²) in [4.78, 5) is 30.0. The molecule has 10 heteroatoms. The fourth-order valence-corrected chi connectivity index (χ4v) is 4.90. The Labute approximate surface area is 205 Å². The lowest BCUT2D eigenvalue weighted by molar-refractivity contribution is -0.146. The second-order valence-electron chi connectivity index (χ2n) is 8.87. The zero-order valence-corrected chi connectivity index (χ0v) is 20.4. The molecule has 0 N–H and O–H groups in total. The van der Waals surface area contributed by atoms with Crippen molar-refractivity contribution in [2.75, 3.05) is 6.61 Å². The lowest BCUT2D eigenvalue weighted by Gasteiger charge is -2.15. The molecule has 1 aliphatic rings. The smallest absolute Gasteiger partial charge is 0.337 e. The summed E-state index contributed by atoms with van der Waals surface area (Å²) in [7, 11) is 0. The molecule has 182 valence electrons. The number of benzene rings is 1. The number of carbonyl (C=O) groups excluding carboxylic acids is 1. The third kappa shape index (κ3) is 3.93. The molecule has 3 aromatic heterocycles. The highest BCUT2D eigenvalue weighted by Crippen LogP contribution is 2.35. The Bertz CT molecular complexity index is 1500. The highest BCUT2D eigenvalue weighted by molar-refractivity contribution is 6.35. The monoisotopic (exact) mass is 497 g/mol. The summed E-state index contributed by atoms with van der Waals surface area (Å²) in [5.74, 6) is -1.15. The average molecular weight is 498 g/mol. The lowest BCUT2D eigenvalue weighted by Crippen LogP contribution is -2.25. The second-order valence-corrected chi connectivity index (χ2v) is 9.28. The average Bonchev–Trinajstić information content (AvgIpc) is 3.54. The number of carbonyl (C=O) groups is 1. The molecule has 4 heterocycles. The second kappa shape index (κ2) is 8.96. The number of nitrogens with zero attached hydrogens (tertiary/aromatic N) is 5. The molecule has 0 amide bonds. The van der Waals surface area contributed by atoms with Crippen molar-refractivity contribution in [1.82, 2.24) is 23.9 Å². The van der Waals surface area contributed by atoms with E-state index in [4.69, 9.17) is 16.3 Å². The summed E-state index contributed by atoms with van der Waals surface area (Å²) in [6.45, 7) is 6.53. The molecular formula is C25H25ClFN5O3. The van der Waals surface area contributed by atoms with Crippen LogP contribution in [0.25, 0.3) is 22.0 Å². The third-order valence-corrected chi connectivity index (χ3v) is 6.66. The van der Waals surface area contributed by atoms with Crippen LogP contribution >= 0.6 is 11.6 Å². The first-order chi connectivity index (χ1) is 16.8. The highest BCUT2D eigenvalue weighted by Gasteiger charge is 2.33. The van der Waals surface area contributed by atoms with Crippen LogP contribution in [-0.4, -0.2) is 36.5 Å². The minimum absolute atomic E-state index is 0.00527. The molecule has 0 aliphatic carbocycles. The first-order valence-electron chi connectivity index (χ1n) is 11.6. The van der Waals surface area contributed by atoms with Gasteiger partial charge in [0.05, 0.1) is 23.7 Å². The minimum Gasteiger partial charge on any atom is -0.464 e. The van der Waals surface area contributed by atoms with Crippen molar-refractivity contribution in [3.05, 3.63) is 69.5 Å². The van der Waals surface area contributed by atoms with E-state index in [1.165, 1.54) is 16.8 Å². The van der Waals surface area contributed by atoms with Crippen molar-refractivity contribution >= 4 is 28.5 Å². The van der Waals surface area contributed by atoms with Gasteiger partial charge in [0.2, 0.25) is 0 Å². The number of fused-ring (bicyclic) bond motifs is 2. The number of hydrogen-bond donors (Lipinski definition) is 0. The molecule has 1 atom stereocenters. The Morgan fingerprint density at radius 3 is 2.83 bits per heavy atom. The third-order valence-electron chi connectivity index (χ3n) is 6.34. The maximum atomic E-state index is 15.7. The van der Waals surface area contributed by atoms with Gasteiger partial charge in [-0.15, -0.1) is 0 Å². The van der Waals surface area contributed by atoms with Crippen molar-refractivity contribution in [2.45, 2.75) is 52.2 Å². The molecule has 0 saturated heterocycles. The Morgan fingerprint density at radius 2 is 2.11 bits per heavy atom. The molecule has 1 aliphatic heterocycles. The van der Waals surface area contributed by atoms with Gasteiger partial charge >= 0.3 is 5.97 Å². The molecule has 0 saturated carbocycles. The van der Waals surface area contributed by atoms with Crippen LogP contribution in [0.5, 0.6) is 0 Å². The van der Waals surface area contributed by atoms with Gasteiger partial charge in [0, 0.05) is 47.7 Å². The SMILES string of the molecule is CCOC(=O)C(c1ncn2c1CCC2)n1cc2c(Cl)cc(-c3ccn(C(C)C)c(=O)c3)c(F)c2n1. The number of aryl methyl sites for hydroxylation is 1. The first kappa shape index (κ1) is 23.3. The van der Waals surface area contributed by atoms with E-state index >= 15 is 4.39 Å². The Balaban J connectivity index is 1.65. The highest BCUT2D eigenvalue weighted by atomic mass is 35.5. The topological polar surface area (TPSA) is 83.9 Å². The van der Waals surface area contributed by atoms with E-state index in [0.717, 1.165) is 25.1 Å². The van der Waals surface area contributed by atoms with Crippen LogP contribution in [-0.2, 0) is 22.5 Å². The Hall–Kier alpha value is -3.46. The van der Waals surface area contributed by atoms with Gasteiger partial charge in [-0.25, -0.2) is 14.2 Å². The molecule has 8 nitrogen and oxygen atoms in total. The van der Waals surface area contributed by atoms with Gasteiger partial charge in [0.15, 0.2) is 11.9 Å². The van der Waals surface area contributed by atoms with Gasteiger partial charge in [-0.1, -0.05) is 11.6 Å². The Kier molecular flexibility index (Phi) is 5.96. The van der Waals surface area contributed by atoms with Crippen LogP contribution in [0.4, 0.5) is 4.39 Å². The predicted octanol–water partition coefficient (Wildman–Crippen LogP) is 4.53. The summed E-state index contributed by atoms with van der Waals surface area (Å²) in [5.41, 5.74) is 1.82. The fraction of sp³-hybridized carbons (Fsp3) is 0.360. The van der Waals surface area contributed by atoms with Crippen molar-refractivity contribution in [3.8, 4) is 11.1 Å². The predicted molar refractivity (Wildman–Crippen MR) is 130 cm³/mol. The van der Waals surface area contributed by atoms with Gasteiger partial charge in [-0.3, -0.25) is 9.48 Å². The molecule has 5 rings (SSSR count). The van der Waals surface area contributed by atoms with Crippen LogP contribution in [0.1, 0.15) is 50.7 Å². The summed E-state index contributed by atoms with van der Waals surface area (Å²) >= 11 is 6.54. The standard InChI is InChI=1S/C25H25ClFN5O3/c1-4-35-25(34)24(23-19-6-5-8-30(19)13-28-23)32-12-17-18(26)11-16(21(27)22(17)29-32)15-7-9-31(14(2)3)20(33)10-15/h7,9-14,24H,4-6,8H2,1-3H3. The maximum absolute atomic E-state index is 15.7. The molecule has 4 aromatic rings. The van der Waals surface area contributed by atoms with E-state index in [1.807, 2.05) is 18.4 Å². The van der Waals surface area contributed by atoms with Crippen LogP contribution in [0.3, 0.4) is 0 Å². The van der Waals surface area contributed by atoms with E-state index in [0.29, 0.717) is 16.6 Å². The molecule has 1 unspecified atom stereocenters. The van der Waals surface area contributed by atoms with Gasteiger partial charge in [0.25, 0.3) is 5.56 Å². The molecule has 0 fully saturated rings. The summed E-state index contributed by atoms with van der Waals surface area (Å²) < 4.78 is 26.0. The molecular weight excluding hydrogens is 473 g/mol. The molecule has 0 radical (unpaired) electrons. The maximum Gasteiger partial charge on any atom is 0.337 e. The van der Waals surface area contributed by atoms with Crippen LogP contribution in [0, 0.1) is 5.82 Å². The normalized spacial score (nSPS) is 14.0. The number of pyridine rings is 1. The van der Waals surface area contributed by atoms with E-state index in [9.17, 15) is 9.59 Å². The van der Waals surface area contributed by atoms with Crippen LogP contribution in [0.2, 0.25) is 5.02 Å². The zero-order valence-electron chi connectivity index (χ0n) is 19.7. The number of ether oxygens (including phenoxy) is 1. The van der Waals surface area contributed by atoms with E-state index in [2.05, 4.69) is 10.1 Å². The summed E-state index contributed by atoms with van der Waals surface area (Å²) in [6, 6.07) is 3.55. The van der Waals surface area contributed by atoms with Gasteiger partial charge in [-0.2, -0.15) is 5.10 Å². The van der Waals surface area contributed by atoms with E-state index in [1.54, 1.807) is 36.3 Å². The number of halogens is 2. The van der Waals surface area contributed by atoms with Crippen LogP contribution in [0.15, 0.2) is 41.7 Å². The number of hydrogen-bond acceptors (Lipinski definition) is 5. The zero-order chi connectivity index (χ0) is 24.9. The fourth-order valence-electron chi connectivity index (χ4n) is 4.65. The van der Waals surface area contributed by atoms with Crippen molar-refractivity contribution in [1.29, 1.82) is 0 Å². The molecule has 1 aromatic carbocycles. The lowest BCUT2D eigenvalue weighted by atomic mass is 10.0. The van der Waals surface area contributed by atoms with E-state index in [-0.39, 0.29) is 34.3 Å². The van der Waals surface area contributed by atoms with Crippen molar-refractivity contribution in [2.24, 2.45) is 0 Å². The number of rotatable bonds is 6. The minimum atomic E-state index is -0.967. The van der Waals surface area contributed by atoms with Crippen LogP contribution < -0.4 is 5.56 Å². The Morgan fingerprint density at radius 1 is 1.31 bits per heavy atom. The van der Waals surface area contributed by atoms with Gasteiger partial charge in [-0.05, 0) is 51.3 Å². The summed E-state index contributed by atoms with van der Waals surface area (Å²) in [5, 5.41) is 5.05. The van der Waals surface area contributed by atoms with E-state index < -0.39 is 17.8 Å². The van der Waals surface area contributed by atoms with Crippen molar-refractivity contribution < 1.29 is 13.9 Å². The van der Waals surface area contributed by atoms with Crippen molar-refractivity contribution in [3.63, 3.8) is 0 Å². The summed E-state index contributed by atoms with van der Waals surface area (Å²) in [6.07, 6.45) is 6.63. The van der Waals surface area contributed by atoms with Gasteiger partial charge < -0.3 is 13.9 Å². The quantitative estimate of drug-likeness (QED) is 0.365. The molecule has 35 heavy (non-hydrogen) atoms. The molecule has 0 bridgehead atoms. The number of aromatic nitrogens is 5. The first-order valence-corrected chi connectivity index (χ1v) is 12.0. The van der Waals surface area contributed by atoms with Gasteiger partial charge in [0.1, 0.15) is 5.52 Å². The number of esters is 1. The largest absolute Gasteiger partial charge is 0.464 e. The number of imidazole rings is 1.